The van der Waals surface area contributed by atoms with Crippen molar-refractivity contribution in [3.8, 4) is 0 Å². The SMILES string of the molecule is C/C=C(Cl)\C=C(/C)Nc1nc2cc(C(N)=O)ccc2c2cnccc12. The number of carbonyl (C=O) groups is 1. The largest absolute Gasteiger partial charge is 0.366 e. The number of benzene rings is 1. The number of aromatic nitrogens is 2. The van der Waals surface area contributed by atoms with Crippen LogP contribution in [-0.2, 0) is 0 Å². The van der Waals surface area contributed by atoms with Crippen molar-refractivity contribution >= 4 is 45.0 Å². The first-order valence-electron chi connectivity index (χ1n) is 7.74. The fourth-order valence-corrected chi connectivity index (χ4v) is 2.77. The molecule has 126 valence electrons. The summed E-state index contributed by atoms with van der Waals surface area (Å²) >= 11 is 6.06. The van der Waals surface area contributed by atoms with E-state index in [1.165, 1.54) is 0 Å². The fourth-order valence-electron chi connectivity index (χ4n) is 2.61. The number of hydrogen-bond donors (Lipinski definition) is 2. The highest BCUT2D eigenvalue weighted by Crippen LogP contribution is 2.30. The normalized spacial score (nSPS) is 12.6. The number of halogens is 1. The summed E-state index contributed by atoms with van der Waals surface area (Å²) in [5, 5.41) is 6.68. The van der Waals surface area contributed by atoms with E-state index in [4.69, 9.17) is 17.3 Å². The lowest BCUT2D eigenvalue weighted by molar-refractivity contribution is 0.100. The molecule has 0 bridgehead atoms. The number of rotatable bonds is 4. The minimum absolute atomic E-state index is 0.415. The number of pyridine rings is 2. The Hall–Kier alpha value is -2.92. The molecule has 25 heavy (non-hydrogen) atoms. The van der Waals surface area contributed by atoms with Gasteiger partial charge in [-0.15, -0.1) is 0 Å². The predicted molar refractivity (Wildman–Crippen MR) is 103 cm³/mol. The Morgan fingerprint density at radius 3 is 2.76 bits per heavy atom. The van der Waals surface area contributed by atoms with Gasteiger partial charge < -0.3 is 11.1 Å². The third-order valence-corrected chi connectivity index (χ3v) is 4.15. The van der Waals surface area contributed by atoms with Crippen molar-refractivity contribution in [3.63, 3.8) is 0 Å². The summed E-state index contributed by atoms with van der Waals surface area (Å²) in [5.74, 6) is 0.182. The smallest absolute Gasteiger partial charge is 0.248 e. The average molecular weight is 353 g/mol. The van der Waals surface area contributed by atoms with E-state index in [1.54, 1.807) is 24.5 Å². The van der Waals surface area contributed by atoms with Crippen LogP contribution in [0, 0.1) is 0 Å². The predicted octanol–water partition coefficient (Wildman–Crippen LogP) is 4.34. The number of allylic oxidation sites excluding steroid dienone is 4. The second kappa shape index (κ2) is 6.91. The van der Waals surface area contributed by atoms with Crippen LogP contribution < -0.4 is 11.1 Å². The average Bonchev–Trinajstić information content (AvgIpc) is 2.61. The van der Waals surface area contributed by atoms with Crippen LogP contribution in [0.3, 0.4) is 0 Å². The van der Waals surface area contributed by atoms with E-state index in [0.717, 1.165) is 21.9 Å². The third-order valence-electron chi connectivity index (χ3n) is 3.83. The summed E-state index contributed by atoms with van der Waals surface area (Å²) in [6, 6.07) is 7.13. The maximum absolute atomic E-state index is 11.5. The monoisotopic (exact) mass is 352 g/mol. The fraction of sp³-hybridized carbons (Fsp3) is 0.105. The van der Waals surface area contributed by atoms with Crippen LogP contribution >= 0.6 is 11.6 Å². The number of carbonyl (C=O) groups excluding carboxylic acids is 1. The highest BCUT2D eigenvalue weighted by molar-refractivity contribution is 6.31. The Kier molecular flexibility index (Phi) is 4.67. The molecule has 5 nitrogen and oxygen atoms in total. The summed E-state index contributed by atoms with van der Waals surface area (Å²) in [7, 11) is 0. The van der Waals surface area contributed by atoms with E-state index in [-0.39, 0.29) is 0 Å². The summed E-state index contributed by atoms with van der Waals surface area (Å²) < 4.78 is 0. The molecule has 3 rings (SSSR count). The number of amides is 1. The van der Waals surface area contributed by atoms with E-state index in [2.05, 4.69) is 15.3 Å². The molecule has 3 N–H and O–H groups in total. The van der Waals surface area contributed by atoms with E-state index in [1.807, 2.05) is 38.1 Å². The summed E-state index contributed by atoms with van der Waals surface area (Å²) in [4.78, 5) is 20.3. The number of anilines is 1. The first-order valence-corrected chi connectivity index (χ1v) is 8.12. The summed E-state index contributed by atoms with van der Waals surface area (Å²) in [6.45, 7) is 3.78. The van der Waals surface area contributed by atoms with Gasteiger partial charge in [0.25, 0.3) is 0 Å². The number of hydrogen-bond acceptors (Lipinski definition) is 4. The van der Waals surface area contributed by atoms with Crippen molar-refractivity contribution in [1.82, 2.24) is 9.97 Å². The molecule has 0 unspecified atom stereocenters. The van der Waals surface area contributed by atoms with Crippen LogP contribution in [0.1, 0.15) is 24.2 Å². The van der Waals surface area contributed by atoms with Crippen molar-refractivity contribution in [2.45, 2.75) is 13.8 Å². The zero-order valence-corrected chi connectivity index (χ0v) is 14.6. The van der Waals surface area contributed by atoms with Gasteiger partial charge in [-0.05, 0) is 38.1 Å². The van der Waals surface area contributed by atoms with Crippen LogP contribution in [0.15, 0.2) is 59.5 Å². The highest BCUT2D eigenvalue weighted by Gasteiger charge is 2.11. The second-order valence-electron chi connectivity index (χ2n) is 5.60. The van der Waals surface area contributed by atoms with Crippen molar-refractivity contribution < 1.29 is 4.79 Å². The Morgan fingerprint density at radius 2 is 2.04 bits per heavy atom. The zero-order valence-electron chi connectivity index (χ0n) is 13.9. The van der Waals surface area contributed by atoms with Gasteiger partial charge in [0.1, 0.15) is 5.82 Å². The molecule has 0 spiro atoms. The molecule has 6 heteroatoms. The number of nitrogens with one attached hydrogen (secondary N) is 1. The molecule has 0 aliphatic heterocycles. The van der Waals surface area contributed by atoms with E-state index >= 15 is 0 Å². The van der Waals surface area contributed by atoms with E-state index < -0.39 is 5.91 Å². The first-order chi connectivity index (χ1) is 12.0. The van der Waals surface area contributed by atoms with Crippen molar-refractivity contribution in [2.24, 2.45) is 5.73 Å². The second-order valence-corrected chi connectivity index (χ2v) is 6.04. The molecule has 2 heterocycles. The number of nitrogens with zero attached hydrogens (tertiary/aromatic N) is 2. The van der Waals surface area contributed by atoms with Crippen LogP contribution in [0.2, 0.25) is 0 Å². The molecule has 0 aliphatic carbocycles. The third kappa shape index (κ3) is 3.46. The summed E-state index contributed by atoms with van der Waals surface area (Å²) in [5.41, 5.74) is 7.31. The Balaban J connectivity index is 2.22. The van der Waals surface area contributed by atoms with Gasteiger partial charge in [0.15, 0.2) is 0 Å². The molecule has 0 radical (unpaired) electrons. The topological polar surface area (TPSA) is 80.9 Å². The number of primary amides is 1. The van der Waals surface area contributed by atoms with Gasteiger partial charge in [-0.25, -0.2) is 4.98 Å². The molecule has 0 saturated heterocycles. The van der Waals surface area contributed by atoms with Gasteiger partial charge in [-0.2, -0.15) is 0 Å². The van der Waals surface area contributed by atoms with Crippen LogP contribution in [-0.4, -0.2) is 15.9 Å². The maximum atomic E-state index is 11.5. The van der Waals surface area contributed by atoms with Gasteiger partial charge in [-0.3, -0.25) is 9.78 Å². The lowest BCUT2D eigenvalue weighted by Crippen LogP contribution is -2.10. The lowest BCUT2D eigenvalue weighted by atomic mass is 10.1. The zero-order chi connectivity index (χ0) is 18.0. The minimum Gasteiger partial charge on any atom is -0.366 e. The minimum atomic E-state index is -0.486. The molecule has 0 aliphatic rings. The van der Waals surface area contributed by atoms with Gasteiger partial charge >= 0.3 is 0 Å². The molecule has 2 aromatic heterocycles. The van der Waals surface area contributed by atoms with Crippen LogP contribution in [0.4, 0.5) is 5.82 Å². The van der Waals surface area contributed by atoms with Crippen molar-refractivity contribution in [1.29, 1.82) is 0 Å². The van der Waals surface area contributed by atoms with Crippen LogP contribution in [0.25, 0.3) is 21.7 Å². The van der Waals surface area contributed by atoms with Gasteiger partial charge in [-0.1, -0.05) is 23.7 Å². The first kappa shape index (κ1) is 16.9. The molecule has 1 aromatic carbocycles. The molecule has 0 atom stereocenters. The number of nitrogens with two attached hydrogens (primary N) is 1. The Bertz CT molecular complexity index is 1040. The highest BCUT2D eigenvalue weighted by atomic mass is 35.5. The lowest BCUT2D eigenvalue weighted by Gasteiger charge is -2.12. The molecule has 1 amide bonds. The van der Waals surface area contributed by atoms with Gasteiger partial charge in [0, 0.05) is 44.8 Å². The van der Waals surface area contributed by atoms with E-state index in [0.29, 0.717) is 21.9 Å². The van der Waals surface area contributed by atoms with Crippen LogP contribution in [0.5, 0.6) is 0 Å². The van der Waals surface area contributed by atoms with Gasteiger partial charge in [0.2, 0.25) is 5.91 Å². The Labute approximate surface area is 150 Å². The van der Waals surface area contributed by atoms with Crippen molar-refractivity contribution in [3.05, 3.63) is 65.1 Å². The number of fused-ring (bicyclic) bond motifs is 3. The Morgan fingerprint density at radius 1 is 1.24 bits per heavy atom. The van der Waals surface area contributed by atoms with Gasteiger partial charge in [0.05, 0.1) is 5.52 Å². The van der Waals surface area contributed by atoms with E-state index in [9.17, 15) is 4.79 Å². The molecule has 3 aromatic rings. The standard InChI is InChI=1S/C19H17ClN4O/c1-3-13(20)8-11(2)23-19-15-6-7-22-10-16(15)14-5-4-12(18(21)25)9-17(14)24-19/h3-10H,1-2H3,(H2,21,25)(H,23,24)/b11-8+,13-3+. The molecular weight excluding hydrogens is 336 g/mol. The van der Waals surface area contributed by atoms with Crippen molar-refractivity contribution in [2.75, 3.05) is 5.32 Å². The molecule has 0 fully saturated rings. The summed E-state index contributed by atoms with van der Waals surface area (Å²) in [6.07, 6.45) is 7.13. The molecular formula is C19H17ClN4O. The molecule has 0 saturated carbocycles. The maximum Gasteiger partial charge on any atom is 0.248 e. The quantitative estimate of drug-likeness (QED) is 0.540.